The van der Waals surface area contributed by atoms with Gasteiger partial charge in [-0.1, -0.05) is 0 Å². The summed E-state index contributed by atoms with van der Waals surface area (Å²) in [6.07, 6.45) is -5.43. The zero-order valence-corrected chi connectivity index (χ0v) is 14.3. The standard InChI is InChI=1S/2C6H8O7.Cr/c2*7-3(8)1-6(13,5(11)12)2-4(9)10;/h2*13H,1-2H2,(H,7,8)(H,9,10)(H,11,12);/q;;+6/p-6. The molecule has 0 fully saturated rings. The third-order valence-corrected chi connectivity index (χ3v) is 2.51. The van der Waals surface area contributed by atoms with Crippen molar-refractivity contribution < 1.29 is 87.0 Å². The number of carboxylic acid groups (broad SMARTS) is 6. The van der Waals surface area contributed by atoms with E-state index in [1.54, 1.807) is 0 Å². The molecule has 0 amide bonds. The first-order valence-corrected chi connectivity index (χ1v) is 6.23. The number of rotatable bonds is 10. The summed E-state index contributed by atoms with van der Waals surface area (Å²) in [5, 5.41) is 77.9. The van der Waals surface area contributed by atoms with Crippen molar-refractivity contribution in [1.29, 1.82) is 0 Å². The van der Waals surface area contributed by atoms with Crippen LogP contribution < -0.4 is 30.6 Å². The zero-order valence-electron chi connectivity index (χ0n) is 13.0. The molecule has 0 saturated carbocycles. The number of aliphatic carboxylic acids is 6. The topological polar surface area (TPSA) is 281 Å². The second-order valence-corrected chi connectivity index (χ2v) is 4.83. The number of aliphatic hydroxyl groups is 2. The van der Waals surface area contributed by atoms with E-state index in [0.717, 1.165) is 0 Å². The van der Waals surface area contributed by atoms with Crippen molar-refractivity contribution in [1.82, 2.24) is 0 Å². The van der Waals surface area contributed by atoms with Crippen LogP contribution in [0.15, 0.2) is 0 Å². The van der Waals surface area contributed by atoms with Gasteiger partial charge in [-0.05, 0) is 0 Å². The quantitative estimate of drug-likeness (QED) is 0.325. The van der Waals surface area contributed by atoms with Crippen LogP contribution in [0, 0.1) is 0 Å². The maximum Gasteiger partial charge on any atom is 6.00 e. The SMILES string of the molecule is O=C([O-])CC(O)(CC(=O)[O-])C(=O)[O-].O=C([O-])CC(O)(CC(=O)[O-])C(=O)[O-].[Cr+6]. The van der Waals surface area contributed by atoms with E-state index < -0.39 is 72.7 Å². The van der Waals surface area contributed by atoms with Gasteiger partial charge in [0.15, 0.2) is 0 Å². The molecule has 15 heteroatoms. The Morgan fingerprint density at radius 3 is 0.741 bits per heavy atom. The van der Waals surface area contributed by atoms with E-state index in [4.69, 9.17) is 10.2 Å². The number of carboxylic acids is 6. The summed E-state index contributed by atoms with van der Waals surface area (Å²) in [5.41, 5.74) is -5.95. The molecule has 0 rings (SSSR count). The van der Waals surface area contributed by atoms with Crippen molar-refractivity contribution in [2.75, 3.05) is 0 Å². The fraction of sp³-hybridized carbons (Fsp3) is 0.500. The van der Waals surface area contributed by atoms with Gasteiger partial charge < -0.3 is 69.6 Å². The fourth-order valence-corrected chi connectivity index (χ4v) is 1.37. The van der Waals surface area contributed by atoms with Crippen LogP contribution >= 0.6 is 0 Å². The Morgan fingerprint density at radius 2 is 0.667 bits per heavy atom. The molecule has 0 aromatic carbocycles. The van der Waals surface area contributed by atoms with Gasteiger partial charge in [0.1, 0.15) is 11.2 Å². The molecule has 0 aliphatic heterocycles. The van der Waals surface area contributed by atoms with Crippen LogP contribution in [0.25, 0.3) is 0 Å². The largest absolute Gasteiger partial charge is 6.00 e. The third-order valence-electron chi connectivity index (χ3n) is 2.51. The van der Waals surface area contributed by atoms with Gasteiger partial charge in [-0.2, -0.15) is 0 Å². The smallest absolute Gasteiger partial charge is 0.550 e. The maximum absolute atomic E-state index is 10.1. The molecule has 0 aromatic heterocycles. The summed E-state index contributed by atoms with van der Waals surface area (Å²) in [5.74, 6) is -12.0. The molecule has 2 N–H and O–H groups in total. The predicted molar refractivity (Wildman–Crippen MR) is 58.4 cm³/mol. The molecule has 0 saturated heterocycles. The molecular formula is C12H10CrO14. The van der Waals surface area contributed by atoms with Crippen LogP contribution in [-0.4, -0.2) is 57.2 Å². The summed E-state index contributed by atoms with van der Waals surface area (Å²) in [6, 6.07) is 0. The van der Waals surface area contributed by atoms with Crippen molar-refractivity contribution in [2.24, 2.45) is 0 Å². The number of hydrogen-bond acceptors (Lipinski definition) is 14. The molecule has 0 aliphatic rings. The van der Waals surface area contributed by atoms with E-state index in [-0.39, 0.29) is 17.4 Å². The Kier molecular flexibility index (Phi) is 12.7. The summed E-state index contributed by atoms with van der Waals surface area (Å²) >= 11 is 0. The first-order chi connectivity index (χ1) is 11.6. The van der Waals surface area contributed by atoms with Crippen LogP contribution in [0.4, 0.5) is 0 Å². The third kappa shape index (κ3) is 12.3. The molecule has 0 spiro atoms. The monoisotopic (exact) mass is 430 g/mol. The Hall–Kier alpha value is -2.73. The van der Waals surface area contributed by atoms with Crippen LogP contribution in [-0.2, 0) is 46.1 Å². The van der Waals surface area contributed by atoms with E-state index in [1.165, 1.54) is 0 Å². The minimum absolute atomic E-state index is 0. The molecule has 14 nitrogen and oxygen atoms in total. The normalized spacial score (nSPS) is 10.4. The van der Waals surface area contributed by atoms with Gasteiger partial charge >= 0.3 is 17.4 Å². The molecule has 0 atom stereocenters. The molecule has 0 bridgehead atoms. The first kappa shape index (κ1) is 29.1. The summed E-state index contributed by atoms with van der Waals surface area (Å²) in [4.78, 5) is 60.0. The average Bonchev–Trinajstić information content (AvgIpc) is 2.34. The molecule has 148 valence electrons. The zero-order chi connectivity index (χ0) is 21.3. The van der Waals surface area contributed by atoms with Crippen molar-refractivity contribution >= 4 is 35.8 Å². The molecular weight excluding hydrogens is 420 g/mol. The van der Waals surface area contributed by atoms with E-state index in [2.05, 4.69) is 0 Å². The van der Waals surface area contributed by atoms with Crippen LogP contribution in [0.5, 0.6) is 0 Å². The fourth-order valence-electron chi connectivity index (χ4n) is 1.37. The second kappa shape index (κ2) is 11.8. The predicted octanol–water partition coefficient (Wildman–Crippen LogP) is -10.5. The van der Waals surface area contributed by atoms with Crippen LogP contribution in [0.1, 0.15) is 25.7 Å². The minimum atomic E-state index is -2.97. The summed E-state index contributed by atoms with van der Waals surface area (Å²) < 4.78 is 0. The Bertz CT molecular complexity index is 513. The summed E-state index contributed by atoms with van der Waals surface area (Å²) in [6.45, 7) is 0. The van der Waals surface area contributed by atoms with Crippen molar-refractivity contribution in [3.05, 3.63) is 0 Å². The number of carbonyl (C=O) groups is 6. The maximum atomic E-state index is 10.1. The molecule has 0 aliphatic carbocycles. The van der Waals surface area contributed by atoms with Gasteiger partial charge in [-0.15, -0.1) is 0 Å². The van der Waals surface area contributed by atoms with Crippen LogP contribution in [0.3, 0.4) is 0 Å². The van der Waals surface area contributed by atoms with Gasteiger partial charge in [-0.25, -0.2) is 0 Å². The van der Waals surface area contributed by atoms with Gasteiger partial charge in [0.25, 0.3) is 0 Å². The Morgan fingerprint density at radius 1 is 0.519 bits per heavy atom. The van der Waals surface area contributed by atoms with E-state index in [1.807, 2.05) is 0 Å². The van der Waals surface area contributed by atoms with Crippen LogP contribution in [0.2, 0.25) is 0 Å². The number of hydrogen-bond donors (Lipinski definition) is 2. The molecule has 0 unspecified atom stereocenters. The van der Waals surface area contributed by atoms with Gasteiger partial charge in [-0.3, -0.25) is 0 Å². The minimum Gasteiger partial charge on any atom is -0.550 e. The van der Waals surface area contributed by atoms with E-state index in [0.29, 0.717) is 0 Å². The van der Waals surface area contributed by atoms with Crippen molar-refractivity contribution in [2.45, 2.75) is 36.9 Å². The van der Waals surface area contributed by atoms with Gasteiger partial charge in [0.05, 0.1) is 11.9 Å². The molecule has 0 radical (unpaired) electrons. The molecule has 27 heavy (non-hydrogen) atoms. The number of carbonyl (C=O) groups excluding carboxylic acids is 6. The Balaban J connectivity index is -0.000000411. The second-order valence-electron chi connectivity index (χ2n) is 4.83. The van der Waals surface area contributed by atoms with Gasteiger partial charge in [0.2, 0.25) is 0 Å². The van der Waals surface area contributed by atoms with Crippen molar-refractivity contribution in [3.63, 3.8) is 0 Å². The first-order valence-electron chi connectivity index (χ1n) is 6.23. The molecule has 0 aromatic rings. The Labute approximate surface area is 160 Å². The summed E-state index contributed by atoms with van der Waals surface area (Å²) in [7, 11) is 0. The average molecular weight is 430 g/mol. The van der Waals surface area contributed by atoms with Crippen molar-refractivity contribution in [3.8, 4) is 0 Å². The van der Waals surface area contributed by atoms with E-state index in [9.17, 15) is 59.4 Å². The molecule has 0 heterocycles. The van der Waals surface area contributed by atoms with E-state index >= 15 is 0 Å². The van der Waals surface area contributed by atoms with Gasteiger partial charge in [0, 0.05) is 49.6 Å².